The van der Waals surface area contributed by atoms with Gasteiger partial charge in [0.05, 0.1) is 13.0 Å². The molecule has 0 unspecified atom stereocenters. The van der Waals surface area contributed by atoms with E-state index >= 15 is 0 Å². The Hall–Kier alpha value is -2.60. The summed E-state index contributed by atoms with van der Waals surface area (Å²) < 4.78 is 19.2. The zero-order valence-corrected chi connectivity index (χ0v) is 17.0. The number of benzene rings is 2. The first-order valence-corrected chi connectivity index (χ1v) is 10.1. The second-order valence-corrected chi connectivity index (χ2v) is 7.38. The summed E-state index contributed by atoms with van der Waals surface area (Å²) in [6.07, 6.45) is 1.20. The van der Waals surface area contributed by atoms with Crippen molar-refractivity contribution in [3.63, 3.8) is 0 Å². The van der Waals surface area contributed by atoms with Gasteiger partial charge in [0, 0.05) is 35.3 Å². The quantitative estimate of drug-likeness (QED) is 0.775. The van der Waals surface area contributed by atoms with Gasteiger partial charge >= 0.3 is 0 Å². The normalized spacial score (nSPS) is 14.5. The van der Waals surface area contributed by atoms with E-state index in [2.05, 4.69) is 5.32 Å². The molecule has 1 aliphatic rings. The monoisotopic (exact) mass is 418 g/mol. The minimum Gasteiger partial charge on any atom is -0.494 e. The van der Waals surface area contributed by atoms with E-state index in [1.165, 1.54) is 12.1 Å². The lowest BCUT2D eigenvalue weighted by Gasteiger charge is -2.32. The molecule has 5 nitrogen and oxygen atoms in total. The third kappa shape index (κ3) is 5.48. The smallest absolute Gasteiger partial charge is 0.253 e. The van der Waals surface area contributed by atoms with Crippen LogP contribution >= 0.6 is 11.6 Å². The first kappa shape index (κ1) is 21.1. The predicted molar refractivity (Wildman–Crippen MR) is 110 cm³/mol. The summed E-state index contributed by atoms with van der Waals surface area (Å²) >= 11 is 5.98. The summed E-state index contributed by atoms with van der Waals surface area (Å²) in [5.41, 5.74) is 0.819. The number of likely N-dealkylation sites (tertiary alicyclic amines) is 1. The Kier molecular flexibility index (Phi) is 7.09. The van der Waals surface area contributed by atoms with E-state index in [0.29, 0.717) is 38.1 Å². The fourth-order valence-electron chi connectivity index (χ4n) is 3.41. The van der Waals surface area contributed by atoms with Crippen LogP contribution in [-0.2, 0) is 11.2 Å². The molecule has 1 heterocycles. The van der Waals surface area contributed by atoms with Gasteiger partial charge in [-0.3, -0.25) is 9.59 Å². The first-order chi connectivity index (χ1) is 14.0. The minimum atomic E-state index is -0.483. The van der Waals surface area contributed by atoms with Crippen molar-refractivity contribution in [1.29, 1.82) is 0 Å². The summed E-state index contributed by atoms with van der Waals surface area (Å²) in [4.78, 5) is 26.7. The highest BCUT2D eigenvalue weighted by atomic mass is 35.5. The predicted octanol–water partition coefficient (Wildman–Crippen LogP) is 3.84. The lowest BCUT2D eigenvalue weighted by atomic mass is 10.0. The van der Waals surface area contributed by atoms with Crippen LogP contribution in [0.2, 0.25) is 5.02 Å². The standard InChI is InChI=1S/C22H24ClFN2O3/c1-2-29-17-8-6-15(7-9-17)22(28)26-12-10-16(11-13-26)25-21(27)14-18-19(23)4-3-5-20(18)24/h3-9,16H,2,10-14H2,1H3,(H,25,27). The van der Waals surface area contributed by atoms with Gasteiger partial charge in [0.2, 0.25) is 5.91 Å². The molecule has 29 heavy (non-hydrogen) atoms. The molecule has 2 aromatic rings. The fourth-order valence-corrected chi connectivity index (χ4v) is 3.64. The van der Waals surface area contributed by atoms with Crippen LogP contribution in [0.3, 0.4) is 0 Å². The van der Waals surface area contributed by atoms with Crippen molar-refractivity contribution in [3.05, 3.63) is 64.4 Å². The van der Waals surface area contributed by atoms with Crippen molar-refractivity contribution in [2.45, 2.75) is 32.2 Å². The molecule has 0 aliphatic carbocycles. The zero-order valence-electron chi connectivity index (χ0n) is 16.3. The van der Waals surface area contributed by atoms with E-state index in [1.54, 1.807) is 35.2 Å². The van der Waals surface area contributed by atoms with Crippen molar-refractivity contribution >= 4 is 23.4 Å². The second-order valence-electron chi connectivity index (χ2n) is 6.97. The summed E-state index contributed by atoms with van der Waals surface area (Å²) in [5, 5.41) is 3.17. The van der Waals surface area contributed by atoms with Crippen molar-refractivity contribution in [2.75, 3.05) is 19.7 Å². The third-order valence-electron chi connectivity index (χ3n) is 4.96. The molecule has 0 radical (unpaired) electrons. The summed E-state index contributed by atoms with van der Waals surface area (Å²) in [6, 6.07) is 11.4. The Morgan fingerprint density at radius 3 is 2.48 bits per heavy atom. The Balaban J connectivity index is 1.49. The van der Waals surface area contributed by atoms with Crippen LogP contribution in [0.1, 0.15) is 35.7 Å². The number of hydrogen-bond donors (Lipinski definition) is 1. The number of amides is 2. The minimum absolute atomic E-state index is 0.0315. The molecule has 3 rings (SSSR count). The number of hydrogen-bond acceptors (Lipinski definition) is 3. The van der Waals surface area contributed by atoms with E-state index < -0.39 is 5.82 Å². The van der Waals surface area contributed by atoms with Gasteiger partial charge in [-0.05, 0) is 56.2 Å². The number of ether oxygens (including phenoxy) is 1. The molecule has 154 valence electrons. The SMILES string of the molecule is CCOc1ccc(C(=O)N2CCC(NC(=O)Cc3c(F)cccc3Cl)CC2)cc1. The van der Waals surface area contributed by atoms with Crippen LogP contribution < -0.4 is 10.1 Å². The number of piperidine rings is 1. The average Bonchev–Trinajstić information content (AvgIpc) is 2.72. The Bertz CT molecular complexity index is 845. The number of carbonyl (C=O) groups is 2. The maximum absolute atomic E-state index is 13.8. The van der Waals surface area contributed by atoms with Crippen LogP contribution in [0.4, 0.5) is 4.39 Å². The van der Waals surface area contributed by atoms with Crippen molar-refractivity contribution in [3.8, 4) is 5.75 Å². The molecule has 2 aromatic carbocycles. The topological polar surface area (TPSA) is 58.6 Å². The Labute approximate surface area is 174 Å². The number of nitrogens with zero attached hydrogens (tertiary/aromatic N) is 1. The number of nitrogens with one attached hydrogen (secondary N) is 1. The molecule has 1 aliphatic heterocycles. The maximum Gasteiger partial charge on any atom is 0.253 e. The number of rotatable bonds is 6. The zero-order chi connectivity index (χ0) is 20.8. The van der Waals surface area contributed by atoms with Gasteiger partial charge in [0.1, 0.15) is 11.6 Å². The highest BCUT2D eigenvalue weighted by Gasteiger charge is 2.25. The second kappa shape index (κ2) is 9.74. The Morgan fingerprint density at radius 1 is 1.17 bits per heavy atom. The largest absolute Gasteiger partial charge is 0.494 e. The molecule has 2 amide bonds. The van der Waals surface area contributed by atoms with Crippen LogP contribution in [0.5, 0.6) is 5.75 Å². The molecular formula is C22H24ClFN2O3. The van der Waals surface area contributed by atoms with E-state index in [1.807, 2.05) is 6.92 Å². The van der Waals surface area contributed by atoms with E-state index in [-0.39, 0.29) is 34.9 Å². The van der Waals surface area contributed by atoms with E-state index in [0.717, 1.165) is 5.75 Å². The average molecular weight is 419 g/mol. The summed E-state index contributed by atoms with van der Waals surface area (Å²) in [5.74, 6) is -0.0481. The molecule has 0 bridgehead atoms. The highest BCUT2D eigenvalue weighted by Crippen LogP contribution is 2.20. The van der Waals surface area contributed by atoms with Crippen LogP contribution in [0, 0.1) is 5.82 Å². The molecule has 1 saturated heterocycles. The fraction of sp³-hybridized carbons (Fsp3) is 0.364. The molecule has 0 saturated carbocycles. The van der Waals surface area contributed by atoms with E-state index in [4.69, 9.17) is 16.3 Å². The first-order valence-electron chi connectivity index (χ1n) is 9.72. The molecule has 1 fully saturated rings. The van der Waals surface area contributed by atoms with Crippen molar-refractivity contribution in [2.24, 2.45) is 0 Å². The number of halogens is 2. The van der Waals surface area contributed by atoms with Crippen molar-refractivity contribution < 1.29 is 18.7 Å². The van der Waals surface area contributed by atoms with Crippen LogP contribution in [0.25, 0.3) is 0 Å². The highest BCUT2D eigenvalue weighted by molar-refractivity contribution is 6.31. The molecule has 0 spiro atoms. The van der Waals surface area contributed by atoms with E-state index in [9.17, 15) is 14.0 Å². The third-order valence-corrected chi connectivity index (χ3v) is 5.31. The summed E-state index contributed by atoms with van der Waals surface area (Å²) in [6.45, 7) is 3.59. The maximum atomic E-state index is 13.8. The Morgan fingerprint density at radius 2 is 1.86 bits per heavy atom. The van der Waals surface area contributed by atoms with Gasteiger partial charge in [-0.2, -0.15) is 0 Å². The molecule has 1 N–H and O–H groups in total. The lowest BCUT2D eigenvalue weighted by Crippen LogP contribution is -2.46. The molecule has 7 heteroatoms. The van der Waals surface area contributed by atoms with Crippen LogP contribution in [0.15, 0.2) is 42.5 Å². The lowest BCUT2D eigenvalue weighted by molar-refractivity contribution is -0.121. The van der Waals surface area contributed by atoms with Gasteiger partial charge < -0.3 is 15.0 Å². The molecule has 0 aromatic heterocycles. The number of carbonyl (C=O) groups excluding carboxylic acids is 2. The molecule has 0 atom stereocenters. The van der Waals surface area contributed by atoms with Crippen molar-refractivity contribution in [1.82, 2.24) is 10.2 Å². The van der Waals surface area contributed by atoms with Gasteiger partial charge in [0.25, 0.3) is 5.91 Å². The molecular weight excluding hydrogens is 395 g/mol. The van der Waals surface area contributed by atoms with Crippen LogP contribution in [-0.4, -0.2) is 42.5 Å². The van der Waals surface area contributed by atoms with Gasteiger partial charge in [0.15, 0.2) is 0 Å². The van der Waals surface area contributed by atoms with Gasteiger partial charge in [-0.25, -0.2) is 4.39 Å². The van der Waals surface area contributed by atoms with Gasteiger partial charge in [-0.1, -0.05) is 17.7 Å². The summed E-state index contributed by atoms with van der Waals surface area (Å²) in [7, 11) is 0. The van der Waals surface area contributed by atoms with Gasteiger partial charge in [-0.15, -0.1) is 0 Å².